The van der Waals surface area contributed by atoms with Crippen LogP contribution in [0.1, 0.15) is 35.7 Å². The molecular weight excluding hydrogens is 414 g/mol. The lowest BCUT2D eigenvalue weighted by Crippen LogP contribution is -2.37. The molecule has 5 rings (SSSR count). The van der Waals surface area contributed by atoms with E-state index >= 15 is 0 Å². The van der Waals surface area contributed by atoms with Crippen molar-refractivity contribution in [2.75, 3.05) is 30.9 Å². The Morgan fingerprint density at radius 3 is 2.84 bits per heavy atom. The minimum atomic E-state index is -0.379. The Labute approximate surface area is 183 Å². The lowest BCUT2D eigenvalue weighted by atomic mass is 10.2. The van der Waals surface area contributed by atoms with Gasteiger partial charge in [-0.2, -0.15) is 9.61 Å². The number of carbonyl (C=O) groups excluding carboxylic acids is 1. The molecule has 1 aliphatic heterocycles. The Balaban J connectivity index is 1.46. The summed E-state index contributed by atoms with van der Waals surface area (Å²) in [7, 11) is 1.74. The van der Waals surface area contributed by atoms with Crippen LogP contribution in [0.15, 0.2) is 35.4 Å². The highest BCUT2D eigenvalue weighted by Gasteiger charge is 2.26. The Morgan fingerprint density at radius 2 is 2.16 bits per heavy atom. The summed E-state index contributed by atoms with van der Waals surface area (Å²) in [5.41, 5.74) is 0.895. The molecule has 32 heavy (non-hydrogen) atoms. The van der Waals surface area contributed by atoms with E-state index in [4.69, 9.17) is 4.74 Å². The monoisotopic (exact) mass is 439 g/mol. The highest BCUT2D eigenvalue weighted by atomic mass is 16.5. The number of aromatic nitrogens is 4. The number of amides is 1. The summed E-state index contributed by atoms with van der Waals surface area (Å²) in [6.45, 7) is 1.04. The number of aliphatic hydroxyl groups is 1. The zero-order valence-electron chi connectivity index (χ0n) is 17.6. The smallest absolute Gasteiger partial charge is 0.274 e. The second-order valence-electron chi connectivity index (χ2n) is 8.16. The molecule has 11 nitrogen and oxygen atoms in total. The number of carbonyl (C=O) groups is 1. The van der Waals surface area contributed by atoms with Crippen LogP contribution in [0.2, 0.25) is 0 Å². The molecule has 0 spiro atoms. The summed E-state index contributed by atoms with van der Waals surface area (Å²) in [5, 5.41) is 23.1. The average molecular weight is 439 g/mol. The molecule has 1 amide bonds. The predicted molar refractivity (Wildman–Crippen MR) is 117 cm³/mol. The molecule has 4 heterocycles. The Bertz CT molecular complexity index is 1220. The van der Waals surface area contributed by atoms with Gasteiger partial charge in [0.15, 0.2) is 5.65 Å². The van der Waals surface area contributed by atoms with E-state index in [1.165, 1.54) is 6.20 Å². The van der Waals surface area contributed by atoms with Crippen LogP contribution in [0.3, 0.4) is 0 Å². The van der Waals surface area contributed by atoms with Crippen LogP contribution < -0.4 is 21.5 Å². The van der Waals surface area contributed by atoms with Gasteiger partial charge in [0.05, 0.1) is 31.6 Å². The van der Waals surface area contributed by atoms with Crippen molar-refractivity contribution < 1.29 is 14.6 Å². The van der Waals surface area contributed by atoms with E-state index in [1.54, 1.807) is 40.5 Å². The number of rotatable bonds is 6. The van der Waals surface area contributed by atoms with E-state index in [0.29, 0.717) is 54.6 Å². The number of hydrogen-bond donors (Lipinski definition) is 4. The van der Waals surface area contributed by atoms with Crippen LogP contribution in [-0.4, -0.2) is 62.6 Å². The number of aliphatic hydroxyl groups excluding tert-OH is 1. The van der Waals surface area contributed by atoms with Crippen LogP contribution in [0.4, 0.5) is 17.3 Å². The molecule has 1 saturated carbocycles. The fourth-order valence-corrected chi connectivity index (χ4v) is 4.13. The molecule has 4 N–H and O–H groups in total. The van der Waals surface area contributed by atoms with E-state index in [0.717, 1.165) is 6.42 Å². The quantitative estimate of drug-likeness (QED) is 0.445. The molecule has 168 valence electrons. The second-order valence-corrected chi connectivity index (χ2v) is 8.16. The van der Waals surface area contributed by atoms with Gasteiger partial charge in [0.1, 0.15) is 22.9 Å². The standard InChI is InChI=1S/C21H25N7O4/c1-22-18-8-17(25-16-3-2-6-27(21(16)31)13-10-32-11-13)26-19-15(9-23-28(18)19)20(30)24-12-4-5-14(29)7-12/h2-3,6,8-9,12-14,22,29H,4-5,7,10-11H2,1H3,(H,24,30)(H,25,26)/t12?,14-/m1/s1. The number of nitrogens with one attached hydrogen (secondary N) is 3. The fraction of sp³-hybridized carbons (Fsp3) is 0.429. The molecule has 0 bridgehead atoms. The molecule has 1 saturated heterocycles. The molecule has 2 aliphatic rings. The van der Waals surface area contributed by atoms with Gasteiger partial charge in [0, 0.05) is 25.4 Å². The first-order valence-corrected chi connectivity index (χ1v) is 10.6. The van der Waals surface area contributed by atoms with Crippen molar-refractivity contribution in [2.24, 2.45) is 0 Å². The molecule has 11 heteroatoms. The molecule has 1 unspecified atom stereocenters. The Hall–Kier alpha value is -3.44. The zero-order chi connectivity index (χ0) is 22.2. The molecular formula is C21H25N7O4. The lowest BCUT2D eigenvalue weighted by molar-refractivity contribution is -0.0247. The SMILES string of the molecule is CNc1cc(Nc2cccn(C3COC3)c2=O)nc2c(C(=O)NC3CC[C@@H](O)C3)cnn12. The molecule has 3 aromatic heterocycles. The van der Waals surface area contributed by atoms with Crippen molar-refractivity contribution in [1.29, 1.82) is 0 Å². The molecule has 2 atom stereocenters. The molecule has 3 aromatic rings. The number of nitrogens with zero attached hydrogens (tertiary/aromatic N) is 4. The van der Waals surface area contributed by atoms with Crippen LogP contribution in [-0.2, 0) is 4.74 Å². The summed E-state index contributed by atoms with van der Waals surface area (Å²) in [6, 6.07) is 5.17. The van der Waals surface area contributed by atoms with Crippen molar-refractivity contribution in [1.82, 2.24) is 24.5 Å². The van der Waals surface area contributed by atoms with E-state index in [-0.39, 0.29) is 29.7 Å². The van der Waals surface area contributed by atoms with Gasteiger partial charge in [-0.3, -0.25) is 9.59 Å². The summed E-state index contributed by atoms with van der Waals surface area (Å²) >= 11 is 0. The number of pyridine rings is 1. The van der Waals surface area contributed by atoms with Crippen molar-refractivity contribution in [3.63, 3.8) is 0 Å². The summed E-state index contributed by atoms with van der Waals surface area (Å²) < 4.78 is 8.39. The molecule has 0 aromatic carbocycles. The first kappa shape index (κ1) is 20.5. The van der Waals surface area contributed by atoms with Crippen LogP contribution >= 0.6 is 0 Å². The van der Waals surface area contributed by atoms with Gasteiger partial charge in [0.2, 0.25) is 0 Å². The molecule has 0 radical (unpaired) electrons. The number of anilines is 3. The minimum Gasteiger partial charge on any atom is -0.393 e. The lowest BCUT2D eigenvalue weighted by Gasteiger charge is -2.28. The maximum absolute atomic E-state index is 12.9. The topological polar surface area (TPSA) is 135 Å². The van der Waals surface area contributed by atoms with E-state index in [2.05, 4.69) is 26.0 Å². The number of ether oxygens (including phenoxy) is 1. The number of fused-ring (bicyclic) bond motifs is 1. The molecule has 1 aliphatic carbocycles. The van der Waals surface area contributed by atoms with Gasteiger partial charge in [-0.1, -0.05) is 0 Å². The van der Waals surface area contributed by atoms with Crippen LogP contribution in [0, 0.1) is 0 Å². The largest absolute Gasteiger partial charge is 0.393 e. The molecule has 2 fully saturated rings. The number of hydrogen-bond acceptors (Lipinski definition) is 8. The fourth-order valence-electron chi connectivity index (χ4n) is 4.13. The Kier molecular flexibility index (Phi) is 5.27. The second kappa shape index (κ2) is 8.24. The third kappa shape index (κ3) is 3.69. The van der Waals surface area contributed by atoms with Gasteiger partial charge < -0.3 is 30.4 Å². The van der Waals surface area contributed by atoms with E-state index in [9.17, 15) is 14.7 Å². The van der Waals surface area contributed by atoms with Crippen molar-refractivity contribution in [2.45, 2.75) is 37.5 Å². The van der Waals surface area contributed by atoms with E-state index in [1.807, 2.05) is 0 Å². The first-order valence-electron chi connectivity index (χ1n) is 10.6. The first-order chi connectivity index (χ1) is 15.5. The van der Waals surface area contributed by atoms with Gasteiger partial charge in [-0.25, -0.2) is 4.98 Å². The zero-order valence-corrected chi connectivity index (χ0v) is 17.6. The van der Waals surface area contributed by atoms with Gasteiger partial charge in [-0.05, 0) is 31.4 Å². The maximum Gasteiger partial charge on any atom is 0.274 e. The average Bonchev–Trinajstić information content (AvgIpc) is 3.35. The summed E-state index contributed by atoms with van der Waals surface area (Å²) in [5.74, 6) is 0.724. The highest BCUT2D eigenvalue weighted by molar-refractivity contribution is 6.00. The summed E-state index contributed by atoms with van der Waals surface area (Å²) in [4.78, 5) is 30.3. The van der Waals surface area contributed by atoms with Gasteiger partial charge >= 0.3 is 0 Å². The normalized spacial score (nSPS) is 20.8. The highest BCUT2D eigenvalue weighted by Crippen LogP contribution is 2.23. The van der Waals surface area contributed by atoms with Crippen LogP contribution in [0.25, 0.3) is 5.65 Å². The Morgan fingerprint density at radius 1 is 1.31 bits per heavy atom. The minimum absolute atomic E-state index is 0.0341. The van der Waals surface area contributed by atoms with Crippen LogP contribution in [0.5, 0.6) is 0 Å². The maximum atomic E-state index is 12.9. The van der Waals surface area contributed by atoms with Crippen molar-refractivity contribution >= 4 is 28.9 Å². The summed E-state index contributed by atoms with van der Waals surface area (Å²) in [6.07, 6.45) is 4.79. The van der Waals surface area contributed by atoms with Gasteiger partial charge in [0.25, 0.3) is 11.5 Å². The third-order valence-electron chi connectivity index (χ3n) is 5.96. The van der Waals surface area contributed by atoms with E-state index < -0.39 is 0 Å². The van der Waals surface area contributed by atoms with Crippen molar-refractivity contribution in [3.8, 4) is 0 Å². The predicted octanol–water partition coefficient (Wildman–Crippen LogP) is 0.891. The third-order valence-corrected chi connectivity index (χ3v) is 5.96. The van der Waals surface area contributed by atoms with Gasteiger partial charge in [-0.15, -0.1) is 0 Å². The van der Waals surface area contributed by atoms with Crippen molar-refractivity contribution in [3.05, 3.63) is 46.5 Å².